The number of rotatable bonds is 5. The molecule has 0 unspecified atom stereocenters. The normalized spacial score (nSPS) is 20.3. The zero-order valence-electron chi connectivity index (χ0n) is 12.8. The smallest absolute Gasteiger partial charge is 0.234 e. The first-order valence-electron chi connectivity index (χ1n) is 7.27. The maximum absolute atomic E-state index is 5.47. The highest BCUT2D eigenvalue weighted by Gasteiger charge is 2.33. The summed E-state index contributed by atoms with van der Waals surface area (Å²) in [6.07, 6.45) is 5.70. The zero-order chi connectivity index (χ0) is 14.8. The fraction of sp³-hybridized carbons (Fsp3) is 0.600. The summed E-state index contributed by atoms with van der Waals surface area (Å²) in [6.45, 7) is 2.05. The maximum atomic E-state index is 5.47. The van der Waals surface area contributed by atoms with Crippen molar-refractivity contribution in [2.75, 3.05) is 34.4 Å². The zero-order valence-corrected chi connectivity index (χ0v) is 13.6. The highest BCUT2D eigenvalue weighted by molar-refractivity contribution is 7.15. The van der Waals surface area contributed by atoms with Crippen molar-refractivity contribution in [2.24, 2.45) is 11.1 Å². The summed E-state index contributed by atoms with van der Waals surface area (Å²) in [5.74, 6) is 1.17. The lowest BCUT2D eigenvalue weighted by Gasteiger charge is -2.21. The van der Waals surface area contributed by atoms with Gasteiger partial charge in [0.15, 0.2) is 0 Å². The maximum Gasteiger partial charge on any atom is 0.234 e. The molecule has 0 spiro atoms. The van der Waals surface area contributed by atoms with Crippen LogP contribution in [0, 0.1) is 5.92 Å². The molecular formula is C15H21N3O2S. The predicted molar refractivity (Wildman–Crippen MR) is 85.0 cm³/mol. The van der Waals surface area contributed by atoms with Crippen LogP contribution in [0.3, 0.4) is 0 Å². The average molecular weight is 307 g/mol. The summed E-state index contributed by atoms with van der Waals surface area (Å²) in [4.78, 5) is 13.0. The molecule has 0 bridgehead atoms. The number of thiazole rings is 1. The Morgan fingerprint density at radius 3 is 2.86 bits per heavy atom. The van der Waals surface area contributed by atoms with Crippen LogP contribution in [0.15, 0.2) is 11.2 Å². The minimum atomic E-state index is 0.496. The second-order valence-corrected chi connectivity index (χ2v) is 6.55. The van der Waals surface area contributed by atoms with E-state index in [1.54, 1.807) is 25.6 Å². The lowest BCUT2D eigenvalue weighted by Crippen LogP contribution is -2.24. The van der Waals surface area contributed by atoms with E-state index in [9.17, 15) is 0 Å². The van der Waals surface area contributed by atoms with Crippen molar-refractivity contribution in [3.63, 3.8) is 0 Å². The van der Waals surface area contributed by atoms with Crippen LogP contribution < -0.4 is 4.74 Å². The molecule has 1 fully saturated rings. The fourth-order valence-corrected chi connectivity index (χ4v) is 3.67. The fourth-order valence-electron chi connectivity index (χ4n) is 2.55. The van der Waals surface area contributed by atoms with Crippen molar-refractivity contribution in [3.8, 4) is 5.88 Å². The molecule has 0 saturated heterocycles. The molecule has 114 valence electrons. The summed E-state index contributed by atoms with van der Waals surface area (Å²) < 4.78 is 5.47. The van der Waals surface area contributed by atoms with Crippen molar-refractivity contribution < 1.29 is 9.57 Å². The second-order valence-electron chi connectivity index (χ2n) is 5.55. The van der Waals surface area contributed by atoms with Crippen molar-refractivity contribution in [2.45, 2.75) is 19.3 Å². The van der Waals surface area contributed by atoms with Crippen molar-refractivity contribution in [3.05, 3.63) is 16.0 Å². The summed E-state index contributed by atoms with van der Waals surface area (Å²) in [5.41, 5.74) is 2.27. The number of methoxy groups -OCH3 is 1. The van der Waals surface area contributed by atoms with E-state index < -0.39 is 0 Å². The van der Waals surface area contributed by atoms with Crippen molar-refractivity contribution >= 4 is 22.6 Å². The Hall–Kier alpha value is -1.40. The topological polar surface area (TPSA) is 47.0 Å². The van der Waals surface area contributed by atoms with Crippen LogP contribution in [0.1, 0.15) is 29.1 Å². The Morgan fingerprint density at radius 2 is 2.24 bits per heavy atom. The summed E-state index contributed by atoms with van der Waals surface area (Å²) in [7, 11) is 5.40. The van der Waals surface area contributed by atoms with Crippen LogP contribution in [0.4, 0.5) is 0 Å². The van der Waals surface area contributed by atoms with Gasteiger partial charge in [0.05, 0.1) is 7.11 Å². The number of aromatic nitrogens is 1. The Kier molecular flexibility index (Phi) is 4.26. The summed E-state index contributed by atoms with van der Waals surface area (Å²) in [6, 6.07) is 0. The SMILES string of the molecule is CO/N=C(\c1sc(C2=CCCN(C)C2)nc1OC)C1CC1. The van der Waals surface area contributed by atoms with Crippen LogP contribution >= 0.6 is 11.3 Å². The third kappa shape index (κ3) is 3.11. The Bertz CT molecular complexity index is 575. The second kappa shape index (κ2) is 6.15. The Balaban J connectivity index is 1.94. The molecule has 1 aliphatic heterocycles. The highest BCUT2D eigenvalue weighted by Crippen LogP contribution is 2.40. The number of ether oxygens (including phenoxy) is 1. The van der Waals surface area contributed by atoms with Gasteiger partial charge in [-0.05, 0) is 31.9 Å². The molecular weight excluding hydrogens is 286 g/mol. The Labute approximate surface area is 129 Å². The molecule has 5 nitrogen and oxygen atoms in total. The molecule has 0 N–H and O–H groups in total. The van der Waals surface area contributed by atoms with Gasteiger partial charge in [-0.15, -0.1) is 11.3 Å². The first kappa shape index (κ1) is 14.5. The van der Waals surface area contributed by atoms with Gasteiger partial charge in [-0.25, -0.2) is 4.98 Å². The van der Waals surface area contributed by atoms with E-state index in [0.29, 0.717) is 11.8 Å². The van der Waals surface area contributed by atoms with Gasteiger partial charge in [0.1, 0.15) is 22.7 Å². The van der Waals surface area contributed by atoms with Gasteiger partial charge in [-0.2, -0.15) is 0 Å². The van der Waals surface area contributed by atoms with Crippen LogP contribution in [0.2, 0.25) is 0 Å². The highest BCUT2D eigenvalue weighted by atomic mass is 32.1. The van der Waals surface area contributed by atoms with E-state index in [4.69, 9.17) is 9.57 Å². The molecule has 1 aliphatic carbocycles. The van der Waals surface area contributed by atoms with E-state index in [-0.39, 0.29) is 0 Å². The van der Waals surface area contributed by atoms with Gasteiger partial charge >= 0.3 is 0 Å². The standard InChI is InChI=1S/C15H21N3O2S/c1-18-8-4-5-11(9-18)15-16-14(19-2)13(21-15)12(17-20-3)10-6-7-10/h5,10H,4,6-9H2,1-3H3/b17-12-. The number of nitrogens with zero attached hydrogens (tertiary/aromatic N) is 3. The monoisotopic (exact) mass is 307 g/mol. The number of likely N-dealkylation sites (N-methyl/N-ethyl adjacent to an activating group) is 1. The lowest BCUT2D eigenvalue weighted by molar-refractivity contribution is 0.212. The molecule has 2 heterocycles. The first-order valence-corrected chi connectivity index (χ1v) is 8.08. The molecule has 1 aromatic heterocycles. The lowest BCUT2D eigenvalue weighted by atomic mass is 10.1. The van der Waals surface area contributed by atoms with Gasteiger partial charge in [0, 0.05) is 19.0 Å². The third-order valence-corrected chi connectivity index (χ3v) is 4.93. The minimum absolute atomic E-state index is 0.496. The molecule has 0 atom stereocenters. The van der Waals surface area contributed by atoms with Gasteiger partial charge in [-0.3, -0.25) is 0 Å². The molecule has 0 amide bonds. The largest absolute Gasteiger partial charge is 0.480 e. The van der Waals surface area contributed by atoms with Crippen LogP contribution in [0.25, 0.3) is 5.57 Å². The molecule has 0 aromatic carbocycles. The van der Waals surface area contributed by atoms with E-state index in [2.05, 4.69) is 28.2 Å². The van der Waals surface area contributed by atoms with Gasteiger partial charge in [-0.1, -0.05) is 11.2 Å². The molecule has 3 rings (SSSR count). The van der Waals surface area contributed by atoms with Gasteiger partial charge in [0.2, 0.25) is 5.88 Å². The third-order valence-electron chi connectivity index (χ3n) is 3.79. The quantitative estimate of drug-likeness (QED) is 0.620. The van der Waals surface area contributed by atoms with Gasteiger partial charge in [0.25, 0.3) is 0 Å². The predicted octanol–water partition coefficient (Wildman–Crippen LogP) is 2.63. The summed E-state index contributed by atoms with van der Waals surface area (Å²) in [5, 5.41) is 5.26. The molecule has 1 aromatic rings. The molecule has 0 radical (unpaired) electrons. The van der Waals surface area contributed by atoms with E-state index in [0.717, 1.165) is 35.1 Å². The van der Waals surface area contributed by atoms with E-state index in [1.807, 2.05) is 0 Å². The van der Waals surface area contributed by atoms with E-state index in [1.165, 1.54) is 18.4 Å². The molecule has 2 aliphatic rings. The van der Waals surface area contributed by atoms with Crippen LogP contribution in [-0.2, 0) is 4.84 Å². The van der Waals surface area contributed by atoms with Crippen LogP contribution in [0.5, 0.6) is 5.88 Å². The minimum Gasteiger partial charge on any atom is -0.480 e. The summed E-state index contributed by atoms with van der Waals surface area (Å²) >= 11 is 1.67. The molecule has 21 heavy (non-hydrogen) atoms. The van der Waals surface area contributed by atoms with Crippen LogP contribution in [-0.4, -0.2) is 50.0 Å². The first-order chi connectivity index (χ1) is 10.2. The van der Waals surface area contributed by atoms with Crippen molar-refractivity contribution in [1.29, 1.82) is 0 Å². The van der Waals surface area contributed by atoms with Gasteiger partial charge < -0.3 is 14.5 Å². The van der Waals surface area contributed by atoms with Crippen molar-refractivity contribution in [1.82, 2.24) is 9.88 Å². The number of hydrogen-bond donors (Lipinski definition) is 0. The number of oxime groups is 1. The molecule has 6 heteroatoms. The van der Waals surface area contributed by atoms with E-state index >= 15 is 0 Å². The number of hydrogen-bond acceptors (Lipinski definition) is 6. The Morgan fingerprint density at radius 1 is 1.43 bits per heavy atom. The molecule has 1 saturated carbocycles. The average Bonchev–Trinajstić information content (AvgIpc) is 3.23.